The number of ether oxygens (including phenoxy) is 1. The van der Waals surface area contributed by atoms with Gasteiger partial charge in [-0.3, -0.25) is 14.9 Å². The van der Waals surface area contributed by atoms with Crippen LogP contribution in [0.5, 0.6) is 5.75 Å². The topological polar surface area (TPSA) is 93.8 Å². The van der Waals surface area contributed by atoms with Crippen molar-refractivity contribution < 1.29 is 14.5 Å². The molecule has 9 heteroatoms. The van der Waals surface area contributed by atoms with Crippen LogP contribution in [0, 0.1) is 17.0 Å². The van der Waals surface area contributed by atoms with Crippen LogP contribution in [0.1, 0.15) is 27.0 Å². The molecule has 0 atom stereocenters. The van der Waals surface area contributed by atoms with Gasteiger partial charge in [0.25, 0.3) is 11.6 Å². The van der Waals surface area contributed by atoms with Gasteiger partial charge >= 0.3 is 0 Å². The van der Waals surface area contributed by atoms with E-state index in [0.29, 0.717) is 20.8 Å². The molecule has 0 saturated heterocycles. The number of hydrogen-bond acceptors (Lipinski definition) is 5. The quantitative estimate of drug-likeness (QED) is 0.256. The number of nitro groups is 1. The summed E-state index contributed by atoms with van der Waals surface area (Å²) in [5.41, 5.74) is 5.36. The third kappa shape index (κ3) is 6.13. The molecule has 0 aliphatic heterocycles. The van der Waals surface area contributed by atoms with E-state index in [1.165, 1.54) is 18.3 Å². The van der Waals surface area contributed by atoms with Crippen LogP contribution in [-0.2, 0) is 6.61 Å². The number of carbonyl (C=O) groups excluding carboxylic acids is 1. The van der Waals surface area contributed by atoms with Gasteiger partial charge in [0.1, 0.15) is 12.4 Å². The smallest absolute Gasteiger partial charge is 0.271 e. The van der Waals surface area contributed by atoms with Crippen molar-refractivity contribution in [3.63, 3.8) is 0 Å². The number of nitro benzene ring substituents is 1. The minimum atomic E-state index is -0.445. The van der Waals surface area contributed by atoms with Gasteiger partial charge in [-0.2, -0.15) is 5.10 Å². The number of nitrogens with zero attached hydrogens (tertiary/aromatic N) is 2. The van der Waals surface area contributed by atoms with Gasteiger partial charge in [0.05, 0.1) is 15.6 Å². The summed E-state index contributed by atoms with van der Waals surface area (Å²) in [4.78, 5) is 22.4. The minimum Gasteiger partial charge on any atom is -0.488 e. The molecule has 0 bridgehead atoms. The lowest BCUT2D eigenvalue weighted by atomic mass is 10.1. The van der Waals surface area contributed by atoms with E-state index in [1.807, 2.05) is 6.92 Å². The zero-order valence-electron chi connectivity index (χ0n) is 16.3. The van der Waals surface area contributed by atoms with Gasteiger partial charge in [-0.1, -0.05) is 17.7 Å². The molecule has 0 aliphatic carbocycles. The molecule has 0 aromatic heterocycles. The Morgan fingerprint density at radius 2 is 1.94 bits per heavy atom. The van der Waals surface area contributed by atoms with Crippen LogP contribution in [0.3, 0.4) is 0 Å². The van der Waals surface area contributed by atoms with Gasteiger partial charge in [0, 0.05) is 22.7 Å². The Labute approximate surface area is 192 Å². The van der Waals surface area contributed by atoms with Gasteiger partial charge in [0.15, 0.2) is 0 Å². The summed E-state index contributed by atoms with van der Waals surface area (Å²) < 4.78 is 6.46. The maximum atomic E-state index is 12.1. The minimum absolute atomic E-state index is 0.0335. The first kappa shape index (κ1) is 22.5. The summed E-state index contributed by atoms with van der Waals surface area (Å²) in [7, 11) is 0. The summed E-state index contributed by atoms with van der Waals surface area (Å²) in [6.45, 7) is 2.12. The van der Waals surface area contributed by atoms with Gasteiger partial charge in [0.2, 0.25) is 0 Å². The molecule has 7 nitrogen and oxygen atoms in total. The highest BCUT2D eigenvalue weighted by molar-refractivity contribution is 9.10. The van der Waals surface area contributed by atoms with Crippen molar-refractivity contribution in [1.29, 1.82) is 0 Å². The van der Waals surface area contributed by atoms with Gasteiger partial charge < -0.3 is 4.74 Å². The van der Waals surface area contributed by atoms with Crippen LogP contribution in [0.15, 0.2) is 70.2 Å². The van der Waals surface area contributed by atoms with E-state index in [0.717, 1.165) is 16.7 Å². The lowest BCUT2D eigenvalue weighted by molar-refractivity contribution is -0.384. The highest BCUT2D eigenvalue weighted by Crippen LogP contribution is 2.26. The standard InChI is InChI=1S/C22H17BrClN3O4/c1-14-2-6-17(11-20(14)24)22(28)26-25-12-16-5-9-21(19(23)10-16)31-13-15-3-7-18(8-4-15)27(29)30/h2-12H,13H2,1H3,(H,26,28)/b25-12-. The number of non-ortho nitro benzene ring substituents is 1. The summed E-state index contributed by atoms with van der Waals surface area (Å²) in [6.07, 6.45) is 1.51. The molecule has 1 amide bonds. The van der Waals surface area contributed by atoms with Crippen molar-refractivity contribution in [2.75, 3.05) is 0 Å². The second kappa shape index (κ2) is 10.2. The molecular weight excluding hydrogens is 486 g/mol. The number of halogens is 2. The molecule has 0 heterocycles. The van der Waals surface area contributed by atoms with Gasteiger partial charge in [-0.15, -0.1) is 0 Å². The molecule has 31 heavy (non-hydrogen) atoms. The van der Waals surface area contributed by atoms with E-state index in [2.05, 4.69) is 26.5 Å². The molecule has 3 rings (SSSR count). The molecular formula is C22H17BrClN3O4. The second-order valence-corrected chi connectivity index (χ2v) is 7.83. The zero-order chi connectivity index (χ0) is 22.4. The van der Waals surface area contributed by atoms with Crippen LogP contribution in [0.2, 0.25) is 5.02 Å². The van der Waals surface area contributed by atoms with Crippen LogP contribution in [0.25, 0.3) is 0 Å². The monoisotopic (exact) mass is 501 g/mol. The molecule has 0 radical (unpaired) electrons. The Kier molecular flexibility index (Phi) is 7.38. The van der Waals surface area contributed by atoms with Crippen LogP contribution in [-0.4, -0.2) is 17.0 Å². The van der Waals surface area contributed by atoms with Crippen molar-refractivity contribution in [1.82, 2.24) is 5.43 Å². The van der Waals surface area contributed by atoms with Crippen LogP contribution < -0.4 is 10.2 Å². The van der Waals surface area contributed by atoms with Gasteiger partial charge in [-0.25, -0.2) is 5.43 Å². The fourth-order valence-corrected chi connectivity index (χ4v) is 3.25. The average molecular weight is 503 g/mol. The number of benzene rings is 3. The number of hydrazone groups is 1. The molecule has 0 fully saturated rings. The molecule has 0 aliphatic rings. The van der Waals surface area contributed by atoms with Crippen molar-refractivity contribution in [2.24, 2.45) is 5.10 Å². The average Bonchev–Trinajstić information content (AvgIpc) is 2.75. The van der Waals surface area contributed by atoms with Crippen LogP contribution in [0.4, 0.5) is 5.69 Å². The first-order valence-corrected chi connectivity index (χ1v) is 10.3. The number of nitrogens with one attached hydrogen (secondary N) is 1. The Morgan fingerprint density at radius 1 is 1.19 bits per heavy atom. The third-order valence-corrected chi connectivity index (χ3v) is 5.34. The fourth-order valence-electron chi connectivity index (χ4n) is 2.55. The highest BCUT2D eigenvalue weighted by Gasteiger charge is 2.08. The van der Waals surface area contributed by atoms with Crippen molar-refractivity contribution in [3.05, 3.63) is 103 Å². The van der Waals surface area contributed by atoms with E-state index >= 15 is 0 Å². The molecule has 3 aromatic carbocycles. The number of carbonyl (C=O) groups is 1. The predicted octanol–water partition coefficient (Wildman–Crippen LogP) is 5.66. The van der Waals surface area contributed by atoms with Crippen molar-refractivity contribution in [2.45, 2.75) is 13.5 Å². The van der Waals surface area contributed by atoms with E-state index in [-0.39, 0.29) is 18.2 Å². The summed E-state index contributed by atoms with van der Waals surface area (Å²) in [5, 5.41) is 15.2. The van der Waals surface area contributed by atoms with Crippen molar-refractivity contribution in [3.8, 4) is 5.75 Å². The second-order valence-electron chi connectivity index (χ2n) is 6.57. The third-order valence-electron chi connectivity index (χ3n) is 4.31. The molecule has 3 aromatic rings. The number of hydrogen-bond donors (Lipinski definition) is 1. The van der Waals surface area contributed by atoms with Gasteiger partial charge in [-0.05, 0) is 82.0 Å². The lowest BCUT2D eigenvalue weighted by Crippen LogP contribution is -2.17. The van der Waals surface area contributed by atoms with E-state index in [9.17, 15) is 14.9 Å². The first-order valence-electron chi connectivity index (χ1n) is 9.09. The predicted molar refractivity (Wildman–Crippen MR) is 123 cm³/mol. The lowest BCUT2D eigenvalue weighted by Gasteiger charge is -2.09. The maximum Gasteiger partial charge on any atom is 0.271 e. The zero-order valence-corrected chi connectivity index (χ0v) is 18.7. The Bertz CT molecular complexity index is 1150. The Hall–Kier alpha value is -3.23. The fraction of sp³-hybridized carbons (Fsp3) is 0.0909. The Balaban J connectivity index is 1.57. The van der Waals surface area contributed by atoms with Crippen LogP contribution >= 0.6 is 27.5 Å². The van der Waals surface area contributed by atoms with E-state index in [1.54, 1.807) is 48.5 Å². The summed E-state index contributed by atoms with van der Waals surface area (Å²) in [5.74, 6) is 0.245. The largest absolute Gasteiger partial charge is 0.488 e. The molecule has 158 valence electrons. The highest BCUT2D eigenvalue weighted by atomic mass is 79.9. The molecule has 0 saturated carbocycles. The number of rotatable bonds is 7. The Morgan fingerprint density at radius 3 is 2.58 bits per heavy atom. The van der Waals surface area contributed by atoms with E-state index in [4.69, 9.17) is 16.3 Å². The normalized spacial score (nSPS) is 10.8. The number of aryl methyl sites for hydroxylation is 1. The van der Waals surface area contributed by atoms with Crippen molar-refractivity contribution >= 4 is 45.3 Å². The summed E-state index contributed by atoms with van der Waals surface area (Å²) >= 11 is 9.49. The maximum absolute atomic E-state index is 12.1. The first-order chi connectivity index (χ1) is 14.8. The molecule has 1 N–H and O–H groups in total. The molecule has 0 spiro atoms. The SMILES string of the molecule is Cc1ccc(C(=O)N/N=C\c2ccc(OCc3ccc([N+](=O)[O-])cc3)c(Br)c2)cc1Cl. The summed E-state index contributed by atoms with van der Waals surface area (Å²) in [6, 6.07) is 16.6. The van der Waals surface area contributed by atoms with E-state index < -0.39 is 4.92 Å². The molecule has 0 unspecified atom stereocenters. The number of amides is 1.